The van der Waals surface area contributed by atoms with Gasteiger partial charge in [0.05, 0.1) is 0 Å². The summed E-state index contributed by atoms with van der Waals surface area (Å²) in [5.74, 6) is 6.26. The Morgan fingerprint density at radius 1 is 0.957 bits per heavy atom. The van der Waals surface area contributed by atoms with Crippen LogP contribution in [0.15, 0.2) is 0 Å². The normalized spacial score (nSPS) is 21.5. The van der Waals surface area contributed by atoms with Gasteiger partial charge in [-0.2, -0.15) is 0 Å². The van der Waals surface area contributed by atoms with Gasteiger partial charge in [0.2, 0.25) is 0 Å². The molecule has 0 bridgehead atoms. The Hall–Kier alpha value is -0.520. The maximum atomic E-state index is 7.86. The minimum atomic E-state index is -1.77. The van der Waals surface area contributed by atoms with E-state index in [1.807, 2.05) is 0 Å². The van der Waals surface area contributed by atoms with Crippen molar-refractivity contribution in [3.63, 3.8) is 0 Å². The van der Waals surface area contributed by atoms with Crippen LogP contribution in [0.4, 0.5) is 0 Å². The monoisotopic (exact) mass is 326 g/mol. The predicted octanol–water partition coefficient (Wildman–Crippen LogP) is 6.23. The highest BCUT2D eigenvalue weighted by Gasteiger charge is 2.13. The Morgan fingerprint density at radius 2 is 1.70 bits per heavy atom. The van der Waals surface area contributed by atoms with Crippen LogP contribution < -0.4 is 0 Å². The van der Waals surface area contributed by atoms with Crippen LogP contribution in [0.2, 0.25) is 0 Å². The predicted molar refractivity (Wildman–Crippen MR) is 98.4 cm³/mol. The first-order valence-electron chi connectivity index (χ1n) is 11.6. The average Bonchev–Trinajstić information content (AvgIpc) is 2.66. The molecule has 23 heavy (non-hydrogen) atoms. The largest absolute Gasteiger partial charge is 0.353 e. The molecule has 0 aromatic rings. The van der Waals surface area contributed by atoms with Crippen LogP contribution in [0.5, 0.6) is 0 Å². The van der Waals surface area contributed by atoms with Gasteiger partial charge in [-0.15, -0.1) is 11.8 Å². The fraction of sp³-hybridized carbons (Fsp3) is 0.905. The van der Waals surface area contributed by atoms with E-state index in [9.17, 15) is 0 Å². The van der Waals surface area contributed by atoms with Gasteiger partial charge in [-0.3, -0.25) is 0 Å². The number of rotatable bonds is 13. The first-order valence-corrected chi connectivity index (χ1v) is 9.58. The van der Waals surface area contributed by atoms with Gasteiger partial charge in [-0.25, -0.2) is 0 Å². The molecule has 0 N–H and O–H groups in total. The lowest BCUT2D eigenvalue weighted by Gasteiger charge is -2.22. The van der Waals surface area contributed by atoms with Crippen molar-refractivity contribution in [1.82, 2.24) is 0 Å². The molecule has 1 saturated heterocycles. The standard InChI is InChI=1S/C21H38O2/c1-2-3-4-5-6-7-8-9-10-11-12-13-14-16-19-22-21-18-15-17-20-23-21/h21H,2-7,10-20H2,1H3/i3D2,4D2. The molecule has 1 rings (SSSR count). The van der Waals surface area contributed by atoms with Crippen LogP contribution in [-0.2, 0) is 9.47 Å². The van der Waals surface area contributed by atoms with Crippen molar-refractivity contribution in [2.45, 2.75) is 109 Å². The van der Waals surface area contributed by atoms with Gasteiger partial charge in [0.25, 0.3) is 0 Å². The molecule has 1 atom stereocenters. The Morgan fingerprint density at radius 3 is 2.43 bits per heavy atom. The van der Waals surface area contributed by atoms with Crippen molar-refractivity contribution in [1.29, 1.82) is 0 Å². The van der Waals surface area contributed by atoms with Gasteiger partial charge in [-0.05, 0) is 38.5 Å². The molecule has 0 radical (unpaired) electrons. The van der Waals surface area contributed by atoms with Crippen molar-refractivity contribution in [2.75, 3.05) is 13.2 Å². The Bertz CT molecular complexity index is 437. The van der Waals surface area contributed by atoms with Gasteiger partial charge >= 0.3 is 0 Å². The van der Waals surface area contributed by atoms with Gasteiger partial charge in [-0.1, -0.05) is 51.8 Å². The lowest BCUT2D eigenvalue weighted by molar-refractivity contribution is -0.162. The summed E-state index contributed by atoms with van der Waals surface area (Å²) in [7, 11) is 0. The summed E-state index contributed by atoms with van der Waals surface area (Å²) in [5.41, 5.74) is 0. The van der Waals surface area contributed by atoms with E-state index in [0.29, 0.717) is 12.8 Å². The maximum absolute atomic E-state index is 7.86. The molecule has 2 heteroatoms. The Labute approximate surface area is 150 Å². The fourth-order valence-electron chi connectivity index (χ4n) is 2.56. The third-order valence-corrected chi connectivity index (χ3v) is 3.92. The van der Waals surface area contributed by atoms with Gasteiger partial charge in [0.1, 0.15) is 0 Å². The van der Waals surface area contributed by atoms with Crippen LogP contribution in [0.25, 0.3) is 0 Å². The quantitative estimate of drug-likeness (QED) is 0.295. The second-order valence-corrected chi connectivity index (χ2v) is 6.10. The smallest absolute Gasteiger partial charge is 0.157 e. The number of hydrogen-bond acceptors (Lipinski definition) is 2. The maximum Gasteiger partial charge on any atom is 0.157 e. The van der Waals surface area contributed by atoms with E-state index in [2.05, 4.69) is 11.8 Å². The molecule has 1 aliphatic rings. The summed E-state index contributed by atoms with van der Waals surface area (Å²) in [6.07, 6.45) is 8.32. The molecule has 1 fully saturated rings. The average molecular weight is 327 g/mol. The van der Waals surface area contributed by atoms with E-state index < -0.39 is 12.7 Å². The minimum Gasteiger partial charge on any atom is -0.353 e. The summed E-state index contributed by atoms with van der Waals surface area (Å²) >= 11 is 0. The zero-order chi connectivity index (χ0) is 20.0. The minimum absolute atomic E-state index is 0.0323. The van der Waals surface area contributed by atoms with E-state index in [0.717, 1.165) is 45.3 Å². The molecular formula is C21H38O2. The second-order valence-electron chi connectivity index (χ2n) is 6.10. The molecular weight excluding hydrogens is 284 g/mol. The molecule has 0 saturated carbocycles. The lowest BCUT2D eigenvalue weighted by Crippen LogP contribution is -2.22. The van der Waals surface area contributed by atoms with Crippen molar-refractivity contribution < 1.29 is 15.0 Å². The van der Waals surface area contributed by atoms with Gasteiger partial charge in [0, 0.05) is 31.5 Å². The summed E-state index contributed by atoms with van der Waals surface area (Å²) in [5, 5.41) is 0. The molecule has 2 nitrogen and oxygen atoms in total. The van der Waals surface area contributed by atoms with Crippen molar-refractivity contribution in [3.05, 3.63) is 0 Å². The summed E-state index contributed by atoms with van der Waals surface area (Å²) in [4.78, 5) is 0. The van der Waals surface area contributed by atoms with Crippen LogP contribution in [0, 0.1) is 11.8 Å². The zero-order valence-corrected chi connectivity index (χ0v) is 15.0. The third-order valence-electron chi connectivity index (χ3n) is 3.92. The summed E-state index contributed by atoms with van der Waals surface area (Å²) in [6, 6.07) is 0. The highest BCUT2D eigenvalue weighted by atomic mass is 16.7. The SMILES string of the molecule is [2H]C([2H])(CC)C([2H])([2H])CCCC#CCCCCCCCOC1CCCCO1. The number of hydrogen-bond donors (Lipinski definition) is 0. The molecule has 1 unspecified atom stereocenters. The van der Waals surface area contributed by atoms with Crippen molar-refractivity contribution in [3.8, 4) is 11.8 Å². The van der Waals surface area contributed by atoms with E-state index in [-0.39, 0.29) is 19.1 Å². The van der Waals surface area contributed by atoms with Crippen molar-refractivity contribution >= 4 is 0 Å². The molecule has 0 aliphatic carbocycles. The van der Waals surface area contributed by atoms with Crippen molar-refractivity contribution in [2.24, 2.45) is 0 Å². The van der Waals surface area contributed by atoms with Crippen LogP contribution in [-0.4, -0.2) is 19.5 Å². The molecule has 0 amide bonds. The van der Waals surface area contributed by atoms with Crippen LogP contribution in [0.3, 0.4) is 0 Å². The van der Waals surface area contributed by atoms with Crippen LogP contribution in [0.1, 0.15) is 109 Å². The summed E-state index contributed by atoms with van der Waals surface area (Å²) in [6.45, 7) is 3.33. The molecule has 1 heterocycles. The second kappa shape index (κ2) is 16.3. The molecule has 0 aromatic heterocycles. The zero-order valence-electron chi connectivity index (χ0n) is 19.0. The van der Waals surface area contributed by atoms with Crippen LogP contribution >= 0.6 is 0 Å². The van der Waals surface area contributed by atoms with E-state index >= 15 is 0 Å². The van der Waals surface area contributed by atoms with E-state index in [1.54, 1.807) is 6.92 Å². The lowest BCUT2D eigenvalue weighted by atomic mass is 10.1. The first kappa shape index (κ1) is 14.8. The number of unbranched alkanes of at least 4 members (excludes halogenated alkanes) is 6. The highest BCUT2D eigenvalue weighted by molar-refractivity contribution is 4.98. The summed E-state index contributed by atoms with van der Waals surface area (Å²) < 4.78 is 42.4. The molecule has 1 aliphatic heterocycles. The van der Waals surface area contributed by atoms with Gasteiger partial charge < -0.3 is 9.47 Å². The molecule has 0 aromatic carbocycles. The van der Waals surface area contributed by atoms with Gasteiger partial charge in [0.15, 0.2) is 6.29 Å². The Kier molecular flexibility index (Phi) is 10.5. The fourth-order valence-corrected chi connectivity index (χ4v) is 2.56. The number of ether oxygens (including phenoxy) is 2. The topological polar surface area (TPSA) is 18.5 Å². The van der Waals surface area contributed by atoms with E-state index in [1.165, 1.54) is 25.7 Å². The highest BCUT2D eigenvalue weighted by Crippen LogP contribution is 2.14. The molecule has 134 valence electrons. The third kappa shape index (κ3) is 13.6. The molecule has 0 spiro atoms. The van der Waals surface area contributed by atoms with E-state index in [4.69, 9.17) is 15.0 Å². The first-order chi connectivity index (χ1) is 12.9. The Balaban J connectivity index is 1.91.